The van der Waals surface area contributed by atoms with Gasteiger partial charge in [-0.15, -0.1) is 0 Å². The molecule has 2 fully saturated rings. The molecule has 6 rings (SSSR count). The lowest BCUT2D eigenvalue weighted by atomic mass is 9.55. The van der Waals surface area contributed by atoms with Crippen molar-refractivity contribution in [1.82, 2.24) is 9.97 Å². The molecule has 3 aliphatic rings. The second kappa shape index (κ2) is 7.56. The van der Waals surface area contributed by atoms with Crippen LogP contribution in [0.1, 0.15) is 56.1 Å². The van der Waals surface area contributed by atoms with E-state index in [4.69, 9.17) is 0 Å². The van der Waals surface area contributed by atoms with Crippen molar-refractivity contribution in [3.8, 4) is 28.3 Å². The monoisotopic (exact) mass is 442 g/mol. The van der Waals surface area contributed by atoms with E-state index in [0.717, 1.165) is 44.1 Å². The van der Waals surface area contributed by atoms with E-state index in [1.807, 2.05) is 42.5 Å². The third-order valence-electron chi connectivity index (χ3n) is 8.90. The highest BCUT2D eigenvalue weighted by atomic mass is 16.3. The van der Waals surface area contributed by atoms with Gasteiger partial charge in [0.15, 0.2) is 0 Å². The molecule has 0 bridgehead atoms. The van der Waals surface area contributed by atoms with E-state index >= 15 is 0 Å². The smallest absolute Gasteiger partial charge is 0.345 e. The first-order valence-corrected chi connectivity index (χ1v) is 12.1. The Kier molecular flexibility index (Phi) is 4.73. The van der Waals surface area contributed by atoms with Crippen LogP contribution in [0.25, 0.3) is 22.5 Å². The van der Waals surface area contributed by atoms with E-state index in [1.165, 1.54) is 11.1 Å². The maximum absolute atomic E-state index is 12.4. The molecule has 3 aliphatic carbocycles. The van der Waals surface area contributed by atoms with Crippen LogP contribution < -0.4 is 5.69 Å². The molecule has 0 amide bonds. The molecule has 170 valence electrons. The first-order valence-electron chi connectivity index (χ1n) is 12.1. The summed E-state index contributed by atoms with van der Waals surface area (Å²) in [6, 6.07) is 15.5. The fourth-order valence-corrected chi connectivity index (χ4v) is 7.16. The Bertz CT molecular complexity index is 1270. The number of aliphatic hydroxyl groups excluding tert-OH is 1. The van der Waals surface area contributed by atoms with Crippen LogP contribution >= 0.6 is 0 Å². The molecule has 3 N–H and O–H groups in total. The van der Waals surface area contributed by atoms with E-state index in [0.29, 0.717) is 34.7 Å². The highest BCUT2D eigenvalue weighted by Crippen LogP contribution is 2.61. The van der Waals surface area contributed by atoms with Crippen LogP contribution in [0.4, 0.5) is 0 Å². The predicted octanol–water partition coefficient (Wildman–Crippen LogP) is 5.03. The molecule has 1 aromatic heterocycles. The number of hydrogen-bond donors (Lipinski definition) is 3. The van der Waals surface area contributed by atoms with Gasteiger partial charge in [0.2, 0.25) is 0 Å². The van der Waals surface area contributed by atoms with E-state index in [9.17, 15) is 15.0 Å². The minimum Gasteiger partial charge on any atom is -0.507 e. The van der Waals surface area contributed by atoms with Crippen molar-refractivity contribution < 1.29 is 10.2 Å². The zero-order valence-electron chi connectivity index (χ0n) is 18.9. The van der Waals surface area contributed by atoms with Crippen molar-refractivity contribution in [3.05, 3.63) is 70.1 Å². The van der Waals surface area contributed by atoms with Gasteiger partial charge in [0.05, 0.1) is 17.5 Å². The summed E-state index contributed by atoms with van der Waals surface area (Å²) in [5, 5.41) is 21.6. The molecule has 5 nitrogen and oxygen atoms in total. The van der Waals surface area contributed by atoms with E-state index < -0.39 is 5.69 Å². The number of H-pyrrole nitrogens is 1. The Morgan fingerprint density at radius 1 is 1.06 bits per heavy atom. The van der Waals surface area contributed by atoms with Crippen LogP contribution in [0.2, 0.25) is 0 Å². The molecule has 0 spiro atoms. The number of aromatic nitrogens is 2. The summed E-state index contributed by atoms with van der Waals surface area (Å²) in [4.78, 5) is 19.4. The summed E-state index contributed by atoms with van der Waals surface area (Å²) in [5.41, 5.74) is 4.86. The molecule has 0 radical (unpaired) electrons. The molecule has 5 heteroatoms. The lowest BCUT2D eigenvalue weighted by Gasteiger charge is -2.50. The van der Waals surface area contributed by atoms with Gasteiger partial charge in [-0.1, -0.05) is 37.3 Å². The summed E-state index contributed by atoms with van der Waals surface area (Å²) in [5.74, 6) is 1.77. The second-order valence-electron chi connectivity index (χ2n) is 10.5. The highest BCUT2D eigenvalue weighted by molar-refractivity contribution is 5.73. The number of rotatable bonds is 2. The van der Waals surface area contributed by atoms with Crippen LogP contribution in [-0.4, -0.2) is 26.3 Å². The molecule has 2 aromatic carbocycles. The van der Waals surface area contributed by atoms with Crippen molar-refractivity contribution in [2.24, 2.45) is 17.3 Å². The van der Waals surface area contributed by atoms with Gasteiger partial charge in [0.1, 0.15) is 5.75 Å². The van der Waals surface area contributed by atoms with Crippen molar-refractivity contribution in [2.45, 2.75) is 57.5 Å². The van der Waals surface area contributed by atoms with Gasteiger partial charge in [0.25, 0.3) is 0 Å². The number of fused-ring (bicyclic) bond motifs is 5. The lowest BCUT2D eigenvalue weighted by molar-refractivity contribution is -0.0226. The Morgan fingerprint density at radius 2 is 1.88 bits per heavy atom. The quantitative estimate of drug-likeness (QED) is 0.520. The van der Waals surface area contributed by atoms with Crippen LogP contribution in [0.5, 0.6) is 5.75 Å². The van der Waals surface area contributed by atoms with Crippen LogP contribution in [0.3, 0.4) is 0 Å². The topological polar surface area (TPSA) is 86.2 Å². The van der Waals surface area contributed by atoms with Gasteiger partial charge in [-0.3, -0.25) is 0 Å². The van der Waals surface area contributed by atoms with Gasteiger partial charge in [-0.25, -0.2) is 4.79 Å². The summed E-state index contributed by atoms with van der Waals surface area (Å²) in [7, 11) is 0. The van der Waals surface area contributed by atoms with Crippen molar-refractivity contribution >= 4 is 0 Å². The fraction of sp³-hybridized carbons (Fsp3) is 0.429. The third-order valence-corrected chi connectivity index (χ3v) is 8.90. The number of aromatic hydroxyl groups is 1. The zero-order valence-corrected chi connectivity index (χ0v) is 18.9. The molecule has 2 saturated carbocycles. The predicted molar refractivity (Wildman–Crippen MR) is 128 cm³/mol. The van der Waals surface area contributed by atoms with Crippen molar-refractivity contribution in [1.29, 1.82) is 0 Å². The summed E-state index contributed by atoms with van der Waals surface area (Å²) < 4.78 is 0. The minimum atomic E-state index is -0.422. The van der Waals surface area contributed by atoms with Crippen LogP contribution in [-0.2, 0) is 6.42 Å². The Balaban J connectivity index is 1.42. The maximum Gasteiger partial charge on any atom is 0.345 e. The number of aromatic amines is 1. The number of hydrogen-bond acceptors (Lipinski definition) is 4. The minimum absolute atomic E-state index is 0.0410. The summed E-state index contributed by atoms with van der Waals surface area (Å²) in [6.07, 6.45) is 6.02. The number of phenolic OH excluding ortho intramolecular Hbond substituents is 1. The molecule has 0 unspecified atom stereocenters. The number of aryl methyl sites for hydroxylation is 1. The number of nitrogens with one attached hydrogen (secondary N) is 1. The molecular formula is C28H30N2O3. The fourth-order valence-electron chi connectivity index (χ4n) is 7.16. The molecule has 0 saturated heterocycles. The average Bonchev–Trinajstić information content (AvgIpc) is 3.13. The molecule has 5 atom stereocenters. The normalized spacial score (nSPS) is 30.4. The molecular weight excluding hydrogens is 412 g/mol. The molecule has 0 aliphatic heterocycles. The SMILES string of the molecule is C[C@]12CC[C@@H]3c4cc(-c5cc(-c6ccccc6)nc(=O)[nH]5)c(O)cc4CC[C@H]3[C@@H]1CC[C@@H]2O. The van der Waals surface area contributed by atoms with Crippen LogP contribution in [0.15, 0.2) is 53.3 Å². The first-order chi connectivity index (χ1) is 15.9. The van der Waals surface area contributed by atoms with Crippen molar-refractivity contribution in [3.63, 3.8) is 0 Å². The largest absolute Gasteiger partial charge is 0.507 e. The molecule has 1 heterocycles. The Labute approximate surface area is 193 Å². The zero-order chi connectivity index (χ0) is 22.7. The first kappa shape index (κ1) is 20.7. The Morgan fingerprint density at radius 3 is 2.70 bits per heavy atom. The number of nitrogens with zero attached hydrogens (tertiary/aromatic N) is 1. The molecule has 3 aromatic rings. The summed E-state index contributed by atoms with van der Waals surface area (Å²) >= 11 is 0. The van der Waals surface area contributed by atoms with E-state index in [1.54, 1.807) is 0 Å². The highest BCUT2D eigenvalue weighted by Gasteiger charge is 2.54. The number of phenols is 1. The van der Waals surface area contributed by atoms with Gasteiger partial charge < -0.3 is 15.2 Å². The van der Waals surface area contributed by atoms with Crippen molar-refractivity contribution in [2.75, 3.05) is 0 Å². The van der Waals surface area contributed by atoms with Gasteiger partial charge in [-0.2, -0.15) is 4.98 Å². The number of aliphatic hydroxyl groups is 1. The second-order valence-corrected chi connectivity index (χ2v) is 10.5. The van der Waals surface area contributed by atoms with Gasteiger partial charge in [-0.05, 0) is 91.0 Å². The van der Waals surface area contributed by atoms with Crippen LogP contribution in [0, 0.1) is 17.3 Å². The van der Waals surface area contributed by atoms with E-state index in [2.05, 4.69) is 23.0 Å². The lowest BCUT2D eigenvalue weighted by Crippen LogP contribution is -2.43. The molecule has 33 heavy (non-hydrogen) atoms. The summed E-state index contributed by atoms with van der Waals surface area (Å²) in [6.45, 7) is 2.29. The van der Waals surface area contributed by atoms with Gasteiger partial charge >= 0.3 is 5.69 Å². The average molecular weight is 443 g/mol. The van der Waals surface area contributed by atoms with E-state index in [-0.39, 0.29) is 17.3 Å². The Hall–Kier alpha value is -2.92. The number of benzene rings is 2. The van der Waals surface area contributed by atoms with Gasteiger partial charge in [0, 0.05) is 11.1 Å². The maximum atomic E-state index is 12.4. The standard InChI is InChI=1S/C28H30N2O3/c1-28-12-11-18-19(22(28)9-10-26(28)32)8-7-17-13-25(31)21(14-20(17)18)24-15-23(29-27(33)30-24)16-5-3-2-4-6-16/h2-6,13-15,18-19,22,26,31-32H,7-12H2,1H3,(H,29,30,33)/t18-,19+,22-,26-,28-/m0/s1. The third kappa shape index (κ3) is 3.24.